The maximum absolute atomic E-state index is 5.25. The number of hydrogen-bond donors (Lipinski definition) is 0. The molecule has 0 bridgehead atoms. The quantitative estimate of drug-likeness (QED) is 0.120. The second kappa shape index (κ2) is 14.0. The fourth-order valence-electron chi connectivity index (χ4n) is 9.50. The fourth-order valence-corrected chi connectivity index (χ4v) is 14.9. The van der Waals surface area contributed by atoms with E-state index in [1.807, 2.05) is 36.4 Å². The van der Waals surface area contributed by atoms with Crippen LogP contribution in [0.3, 0.4) is 0 Å². The lowest BCUT2D eigenvalue weighted by Crippen LogP contribution is -2.73. The molecular weight excluding hydrogens is 719 g/mol. The van der Waals surface area contributed by atoms with E-state index in [0.717, 1.165) is 33.9 Å². The van der Waals surface area contributed by atoms with E-state index in [1.165, 1.54) is 53.8 Å². The molecule has 0 atom stereocenters. The molecule has 1 aromatic heterocycles. The molecule has 11 rings (SSSR count). The van der Waals surface area contributed by atoms with Crippen molar-refractivity contribution in [3.8, 4) is 45.3 Å². The predicted octanol–water partition coefficient (Wildman–Crippen LogP) is 10.1. The average molecular weight is 756 g/mol. The molecular formula is C54H37N3Si. The smallest absolute Gasteiger partial charge is 0.181 e. The second-order valence-electron chi connectivity index (χ2n) is 15.0. The molecule has 1 aliphatic heterocycles. The highest BCUT2D eigenvalue weighted by Crippen LogP contribution is 2.41. The molecule has 0 N–H and O–H groups in total. The lowest BCUT2D eigenvalue weighted by Gasteiger charge is -2.33. The standard InChI is InChI=1S/C54H37N3Si/c1-5-20-37(21-6-1)52-55-53(38-22-7-2-8-23-38)57-54(56-52)50-45-32-15-13-29-42(45)48(43-30-14-16-33-46(43)50)36-39-24-19-34-47-44-31-17-18-35-49(44)58(51(39)47,40-25-9-3-10-26-40)41-27-11-4-12-28-41/h1-35H,36H2. The molecule has 0 spiro atoms. The van der Waals surface area contributed by atoms with Crippen molar-refractivity contribution in [3.63, 3.8) is 0 Å². The van der Waals surface area contributed by atoms with Crippen LogP contribution in [0.2, 0.25) is 0 Å². The summed E-state index contributed by atoms with van der Waals surface area (Å²) in [7, 11) is -2.73. The summed E-state index contributed by atoms with van der Waals surface area (Å²) in [5.74, 6) is 1.98. The Labute approximate surface area is 339 Å². The first-order valence-electron chi connectivity index (χ1n) is 19.9. The van der Waals surface area contributed by atoms with Crippen LogP contribution in [0.1, 0.15) is 11.1 Å². The Balaban J connectivity index is 1.18. The Bertz CT molecular complexity index is 2980. The lowest BCUT2D eigenvalue weighted by atomic mass is 9.88. The molecule has 58 heavy (non-hydrogen) atoms. The van der Waals surface area contributed by atoms with Crippen molar-refractivity contribution in [3.05, 3.63) is 223 Å². The Morgan fingerprint density at radius 3 is 1.33 bits per heavy atom. The summed E-state index contributed by atoms with van der Waals surface area (Å²) in [6.07, 6.45) is 0.772. The van der Waals surface area contributed by atoms with Gasteiger partial charge in [-0.2, -0.15) is 0 Å². The molecule has 0 fully saturated rings. The first-order valence-corrected chi connectivity index (χ1v) is 21.9. The molecule has 1 aliphatic rings. The molecule has 10 aromatic rings. The zero-order chi connectivity index (χ0) is 38.5. The SMILES string of the molecule is c1ccc(-c2nc(-c3ccccc3)nc(-c3c4ccccc4c(Cc4cccc5c4[Si](c4ccccc4)(c4ccccc4)c4ccccc4-5)c4ccccc34)n2)cc1. The van der Waals surface area contributed by atoms with Crippen molar-refractivity contribution in [1.29, 1.82) is 0 Å². The number of nitrogens with zero attached hydrogens (tertiary/aromatic N) is 3. The molecule has 2 heterocycles. The number of aromatic nitrogens is 3. The van der Waals surface area contributed by atoms with Gasteiger partial charge in [0.15, 0.2) is 25.5 Å². The monoisotopic (exact) mass is 755 g/mol. The van der Waals surface area contributed by atoms with Gasteiger partial charge < -0.3 is 0 Å². The van der Waals surface area contributed by atoms with Gasteiger partial charge in [-0.3, -0.25) is 0 Å². The largest absolute Gasteiger partial charge is 0.208 e. The molecule has 3 nitrogen and oxygen atoms in total. The minimum Gasteiger partial charge on any atom is -0.208 e. The van der Waals surface area contributed by atoms with Gasteiger partial charge >= 0.3 is 0 Å². The second-order valence-corrected chi connectivity index (χ2v) is 18.7. The van der Waals surface area contributed by atoms with Gasteiger partial charge in [0.25, 0.3) is 0 Å². The van der Waals surface area contributed by atoms with E-state index in [2.05, 4.69) is 176 Å². The third-order valence-electron chi connectivity index (χ3n) is 11.9. The third-order valence-corrected chi connectivity index (χ3v) is 16.9. The maximum atomic E-state index is 5.25. The van der Waals surface area contributed by atoms with Crippen LogP contribution < -0.4 is 20.7 Å². The van der Waals surface area contributed by atoms with E-state index in [4.69, 9.17) is 15.0 Å². The van der Waals surface area contributed by atoms with Crippen LogP contribution in [0.15, 0.2) is 212 Å². The van der Waals surface area contributed by atoms with Crippen LogP contribution in [0.4, 0.5) is 0 Å². The highest BCUT2D eigenvalue weighted by atomic mass is 28.3. The van der Waals surface area contributed by atoms with E-state index in [9.17, 15) is 0 Å². The Hall–Kier alpha value is -7.27. The number of benzene rings is 9. The van der Waals surface area contributed by atoms with E-state index in [0.29, 0.717) is 17.5 Å². The average Bonchev–Trinajstić information content (AvgIpc) is 3.62. The topological polar surface area (TPSA) is 38.7 Å². The van der Waals surface area contributed by atoms with Gasteiger partial charge in [0.05, 0.1) is 0 Å². The zero-order valence-corrected chi connectivity index (χ0v) is 32.8. The van der Waals surface area contributed by atoms with Crippen molar-refractivity contribution < 1.29 is 0 Å². The van der Waals surface area contributed by atoms with Gasteiger partial charge in [-0.15, -0.1) is 0 Å². The van der Waals surface area contributed by atoms with Crippen molar-refractivity contribution in [1.82, 2.24) is 15.0 Å². The Morgan fingerprint density at radius 2 is 0.776 bits per heavy atom. The molecule has 9 aromatic carbocycles. The fraction of sp³-hybridized carbons (Fsp3) is 0.0185. The number of fused-ring (bicyclic) bond motifs is 5. The van der Waals surface area contributed by atoms with Gasteiger partial charge in [-0.05, 0) is 71.0 Å². The molecule has 0 saturated carbocycles. The van der Waals surface area contributed by atoms with Crippen LogP contribution in [0.5, 0.6) is 0 Å². The van der Waals surface area contributed by atoms with Crippen LogP contribution >= 0.6 is 0 Å². The van der Waals surface area contributed by atoms with Gasteiger partial charge in [-0.1, -0.05) is 212 Å². The van der Waals surface area contributed by atoms with Crippen molar-refractivity contribution in [2.24, 2.45) is 0 Å². The van der Waals surface area contributed by atoms with Crippen molar-refractivity contribution in [2.75, 3.05) is 0 Å². The highest BCUT2D eigenvalue weighted by Gasteiger charge is 2.49. The lowest BCUT2D eigenvalue weighted by molar-refractivity contribution is 1.08. The van der Waals surface area contributed by atoms with Crippen LogP contribution in [-0.4, -0.2) is 23.0 Å². The normalized spacial score (nSPS) is 12.7. The molecule has 0 unspecified atom stereocenters. The summed E-state index contributed by atoms with van der Waals surface area (Å²) >= 11 is 0. The van der Waals surface area contributed by atoms with Gasteiger partial charge in [0, 0.05) is 16.7 Å². The summed E-state index contributed by atoms with van der Waals surface area (Å²) in [6, 6.07) is 76.9. The Morgan fingerprint density at radius 1 is 0.345 bits per heavy atom. The van der Waals surface area contributed by atoms with E-state index in [1.54, 1.807) is 0 Å². The minimum absolute atomic E-state index is 0.657. The van der Waals surface area contributed by atoms with Crippen LogP contribution in [-0.2, 0) is 6.42 Å². The Kier molecular flexibility index (Phi) is 8.23. The highest BCUT2D eigenvalue weighted by molar-refractivity contribution is 7.22. The summed E-state index contributed by atoms with van der Waals surface area (Å²) in [4.78, 5) is 15.5. The third kappa shape index (κ3) is 5.37. The van der Waals surface area contributed by atoms with Gasteiger partial charge in [0.1, 0.15) is 0 Å². The molecule has 4 heteroatoms. The first-order chi connectivity index (χ1) is 28.8. The summed E-state index contributed by atoms with van der Waals surface area (Å²) < 4.78 is 0. The molecule has 272 valence electrons. The van der Waals surface area contributed by atoms with Crippen molar-refractivity contribution >= 4 is 50.4 Å². The van der Waals surface area contributed by atoms with Crippen molar-refractivity contribution in [2.45, 2.75) is 6.42 Å². The molecule has 0 aliphatic carbocycles. The molecule has 0 amide bonds. The first kappa shape index (κ1) is 34.0. The zero-order valence-electron chi connectivity index (χ0n) is 31.8. The minimum atomic E-state index is -2.73. The summed E-state index contributed by atoms with van der Waals surface area (Å²) in [6.45, 7) is 0. The predicted molar refractivity (Wildman–Crippen MR) is 243 cm³/mol. The maximum Gasteiger partial charge on any atom is 0.181 e. The van der Waals surface area contributed by atoms with Crippen LogP contribution in [0.25, 0.3) is 66.8 Å². The number of hydrogen-bond acceptors (Lipinski definition) is 3. The van der Waals surface area contributed by atoms with Gasteiger partial charge in [-0.25, -0.2) is 15.0 Å². The van der Waals surface area contributed by atoms with E-state index >= 15 is 0 Å². The summed E-state index contributed by atoms with van der Waals surface area (Å²) in [5.41, 5.74) is 8.31. The van der Waals surface area contributed by atoms with E-state index in [-0.39, 0.29) is 0 Å². The van der Waals surface area contributed by atoms with Gasteiger partial charge in [0.2, 0.25) is 0 Å². The summed E-state index contributed by atoms with van der Waals surface area (Å²) in [5, 5.41) is 10.4. The number of rotatable bonds is 7. The van der Waals surface area contributed by atoms with Crippen LogP contribution in [0, 0.1) is 0 Å². The molecule has 0 radical (unpaired) electrons. The van der Waals surface area contributed by atoms with E-state index < -0.39 is 8.07 Å². The molecule has 0 saturated heterocycles.